The zero-order valence-corrected chi connectivity index (χ0v) is 19.0. The lowest BCUT2D eigenvalue weighted by molar-refractivity contribution is 0.0950. The van der Waals surface area contributed by atoms with Gasteiger partial charge in [-0.1, -0.05) is 36.8 Å². The summed E-state index contributed by atoms with van der Waals surface area (Å²) in [7, 11) is -3.58. The number of nitrogens with zero attached hydrogens (tertiary/aromatic N) is 3. The van der Waals surface area contributed by atoms with E-state index in [4.69, 9.17) is 0 Å². The van der Waals surface area contributed by atoms with Crippen LogP contribution in [0.4, 0.5) is 0 Å². The maximum absolute atomic E-state index is 13.0. The van der Waals surface area contributed by atoms with Gasteiger partial charge in [0.15, 0.2) is 0 Å². The van der Waals surface area contributed by atoms with E-state index in [-0.39, 0.29) is 10.8 Å². The molecule has 1 saturated heterocycles. The van der Waals surface area contributed by atoms with Gasteiger partial charge >= 0.3 is 0 Å². The predicted molar refractivity (Wildman–Crippen MR) is 123 cm³/mol. The number of nitrogens with one attached hydrogen (secondary N) is 1. The van der Waals surface area contributed by atoms with E-state index in [1.165, 1.54) is 10.4 Å². The van der Waals surface area contributed by atoms with Crippen LogP contribution in [0.25, 0.3) is 0 Å². The summed E-state index contributed by atoms with van der Waals surface area (Å²) in [4.78, 5) is 17.1. The van der Waals surface area contributed by atoms with Crippen molar-refractivity contribution >= 4 is 15.9 Å². The highest BCUT2D eigenvalue weighted by Crippen LogP contribution is 2.23. The first-order chi connectivity index (χ1) is 15.4. The second-order valence-electron chi connectivity index (χ2n) is 8.18. The Morgan fingerprint density at radius 2 is 1.75 bits per heavy atom. The van der Waals surface area contributed by atoms with Gasteiger partial charge in [0, 0.05) is 44.1 Å². The normalized spacial score (nSPS) is 14.9. The molecule has 0 aliphatic carbocycles. The number of aryl methyl sites for hydroxylation is 1. The Morgan fingerprint density at radius 3 is 2.44 bits per heavy atom. The Kier molecular flexibility index (Phi) is 6.72. The van der Waals surface area contributed by atoms with Crippen molar-refractivity contribution in [1.29, 1.82) is 0 Å². The molecule has 0 saturated carbocycles. The van der Waals surface area contributed by atoms with Crippen molar-refractivity contribution < 1.29 is 13.2 Å². The summed E-state index contributed by atoms with van der Waals surface area (Å²) in [5, 5.41) is 2.92. The number of aromatic nitrogens is 2. The van der Waals surface area contributed by atoms with Crippen molar-refractivity contribution in [3.8, 4) is 0 Å². The van der Waals surface area contributed by atoms with Crippen LogP contribution in [0.5, 0.6) is 0 Å². The molecule has 1 N–H and O–H groups in total. The second kappa shape index (κ2) is 9.67. The van der Waals surface area contributed by atoms with Crippen LogP contribution in [0, 0.1) is 6.92 Å². The molecule has 7 nitrogen and oxygen atoms in total. The molecule has 1 amide bonds. The molecule has 0 bridgehead atoms. The van der Waals surface area contributed by atoms with Crippen LogP contribution < -0.4 is 5.32 Å². The highest BCUT2D eigenvalue weighted by molar-refractivity contribution is 7.89. The molecule has 1 aliphatic heterocycles. The second-order valence-corrected chi connectivity index (χ2v) is 10.1. The fraction of sp³-hybridized carbons (Fsp3) is 0.333. The first kappa shape index (κ1) is 22.2. The maximum atomic E-state index is 13.0. The number of hydrogen-bond donors (Lipinski definition) is 1. The lowest BCUT2D eigenvalue weighted by Crippen LogP contribution is -2.35. The first-order valence-electron chi connectivity index (χ1n) is 10.9. The van der Waals surface area contributed by atoms with Crippen molar-refractivity contribution in [2.24, 2.45) is 0 Å². The molecule has 8 heteroatoms. The van der Waals surface area contributed by atoms with E-state index < -0.39 is 10.0 Å². The van der Waals surface area contributed by atoms with Crippen molar-refractivity contribution in [2.75, 3.05) is 13.1 Å². The van der Waals surface area contributed by atoms with Crippen LogP contribution in [-0.2, 0) is 23.1 Å². The molecule has 1 aromatic heterocycles. The fourth-order valence-electron chi connectivity index (χ4n) is 3.89. The number of rotatable bonds is 7. The van der Waals surface area contributed by atoms with Gasteiger partial charge in [0.25, 0.3) is 5.91 Å². The molecule has 4 rings (SSSR count). The standard InChI is InChI=1S/C24H28N4O3S/c1-19-5-10-22(32(30,31)28-12-3-2-4-13-28)15-23(19)24(29)26-16-20-6-8-21(9-7-20)17-27-14-11-25-18-27/h5-11,14-15,18H,2-4,12-13,16-17H2,1H3,(H,26,29). The van der Waals surface area contributed by atoms with Crippen LogP contribution in [0.3, 0.4) is 0 Å². The average molecular weight is 453 g/mol. The number of amides is 1. The van der Waals surface area contributed by atoms with Crippen molar-refractivity contribution in [3.05, 3.63) is 83.4 Å². The smallest absolute Gasteiger partial charge is 0.251 e. The third kappa shape index (κ3) is 5.08. The molecule has 2 aromatic carbocycles. The van der Waals surface area contributed by atoms with E-state index in [0.717, 1.165) is 42.5 Å². The van der Waals surface area contributed by atoms with Crippen molar-refractivity contribution in [2.45, 2.75) is 44.2 Å². The fourth-order valence-corrected chi connectivity index (χ4v) is 5.44. The summed E-state index contributed by atoms with van der Waals surface area (Å²) in [6.45, 7) is 4.00. The van der Waals surface area contributed by atoms with Crippen molar-refractivity contribution in [3.63, 3.8) is 0 Å². The molecule has 3 aromatic rings. The minimum Gasteiger partial charge on any atom is -0.348 e. The first-order valence-corrected chi connectivity index (χ1v) is 12.3. The zero-order chi connectivity index (χ0) is 22.6. The molecule has 0 spiro atoms. The summed E-state index contributed by atoms with van der Waals surface area (Å²) < 4.78 is 29.5. The van der Waals surface area contributed by atoms with E-state index in [1.807, 2.05) is 42.0 Å². The average Bonchev–Trinajstić information content (AvgIpc) is 3.32. The number of hydrogen-bond acceptors (Lipinski definition) is 4. The van der Waals surface area contributed by atoms with E-state index in [1.54, 1.807) is 24.7 Å². The lowest BCUT2D eigenvalue weighted by atomic mass is 10.1. The topological polar surface area (TPSA) is 84.3 Å². The summed E-state index contributed by atoms with van der Waals surface area (Å²) in [6, 6.07) is 12.8. The van der Waals surface area contributed by atoms with Gasteiger partial charge in [0.1, 0.15) is 0 Å². The van der Waals surface area contributed by atoms with E-state index in [2.05, 4.69) is 10.3 Å². The quantitative estimate of drug-likeness (QED) is 0.596. The summed E-state index contributed by atoms with van der Waals surface area (Å²) in [5.41, 5.74) is 3.25. The predicted octanol–water partition coefficient (Wildman–Crippen LogP) is 3.34. The molecule has 1 aliphatic rings. The highest BCUT2D eigenvalue weighted by Gasteiger charge is 2.27. The Balaban J connectivity index is 1.42. The molecule has 0 atom stereocenters. The van der Waals surface area contributed by atoms with Gasteiger partial charge in [-0.05, 0) is 48.6 Å². The van der Waals surface area contributed by atoms with Gasteiger partial charge in [-0.15, -0.1) is 0 Å². The molecule has 0 radical (unpaired) electrons. The molecule has 0 unspecified atom stereocenters. The third-order valence-electron chi connectivity index (χ3n) is 5.81. The number of benzene rings is 2. The van der Waals surface area contributed by atoms with Gasteiger partial charge in [-0.25, -0.2) is 13.4 Å². The Labute approximate surface area is 189 Å². The largest absolute Gasteiger partial charge is 0.348 e. The van der Waals surface area contributed by atoms with E-state index >= 15 is 0 Å². The summed E-state index contributed by atoms with van der Waals surface area (Å²) in [5.74, 6) is -0.277. The monoisotopic (exact) mass is 452 g/mol. The minimum atomic E-state index is -3.58. The SMILES string of the molecule is Cc1ccc(S(=O)(=O)N2CCCCC2)cc1C(=O)NCc1ccc(Cn2ccnc2)cc1. The number of sulfonamides is 1. The Hall–Kier alpha value is -2.97. The third-order valence-corrected chi connectivity index (χ3v) is 7.70. The van der Waals surface area contributed by atoms with Gasteiger partial charge in [-0.3, -0.25) is 4.79 Å². The molecule has 168 valence electrons. The number of imidazole rings is 1. The Bertz CT molecular complexity index is 1170. The van der Waals surface area contributed by atoms with Crippen LogP contribution in [0.1, 0.15) is 46.3 Å². The number of carbonyl (C=O) groups is 1. The molecule has 2 heterocycles. The molecule has 32 heavy (non-hydrogen) atoms. The van der Waals surface area contributed by atoms with Gasteiger partial charge in [0.2, 0.25) is 10.0 Å². The van der Waals surface area contributed by atoms with Gasteiger partial charge in [-0.2, -0.15) is 4.31 Å². The summed E-state index contributed by atoms with van der Waals surface area (Å²) >= 11 is 0. The van der Waals surface area contributed by atoms with Gasteiger partial charge in [0.05, 0.1) is 11.2 Å². The van der Waals surface area contributed by atoms with Crippen LogP contribution in [0.2, 0.25) is 0 Å². The van der Waals surface area contributed by atoms with Crippen LogP contribution >= 0.6 is 0 Å². The highest BCUT2D eigenvalue weighted by atomic mass is 32.2. The number of piperidine rings is 1. The van der Waals surface area contributed by atoms with Crippen molar-refractivity contribution in [1.82, 2.24) is 19.2 Å². The Morgan fingerprint density at radius 1 is 1.03 bits per heavy atom. The zero-order valence-electron chi connectivity index (χ0n) is 18.2. The molecular weight excluding hydrogens is 424 g/mol. The molecule has 1 fully saturated rings. The molecular formula is C24H28N4O3S. The minimum absolute atomic E-state index is 0.180. The van der Waals surface area contributed by atoms with Crippen LogP contribution in [-0.4, -0.2) is 41.3 Å². The maximum Gasteiger partial charge on any atom is 0.251 e. The van der Waals surface area contributed by atoms with E-state index in [9.17, 15) is 13.2 Å². The van der Waals surface area contributed by atoms with E-state index in [0.29, 0.717) is 25.2 Å². The summed E-state index contributed by atoms with van der Waals surface area (Å²) in [6.07, 6.45) is 8.24. The van der Waals surface area contributed by atoms with Gasteiger partial charge < -0.3 is 9.88 Å². The van der Waals surface area contributed by atoms with Crippen LogP contribution in [0.15, 0.2) is 66.1 Å². The number of carbonyl (C=O) groups excluding carboxylic acids is 1. The lowest BCUT2D eigenvalue weighted by Gasteiger charge is -2.26.